The van der Waals surface area contributed by atoms with E-state index in [1.54, 1.807) is 104 Å². The van der Waals surface area contributed by atoms with Gasteiger partial charge in [-0.2, -0.15) is 26.3 Å². The Bertz CT molecular complexity index is 1880. The molecule has 53 heavy (non-hydrogen) atoms. The van der Waals surface area contributed by atoms with Gasteiger partial charge in [0.1, 0.15) is 5.92 Å². The summed E-state index contributed by atoms with van der Waals surface area (Å²) in [7, 11) is 0. The smallest absolute Gasteiger partial charge is 0.416 e. The largest absolute Gasteiger partial charge is 0.466 e. The summed E-state index contributed by atoms with van der Waals surface area (Å²) >= 11 is 5.46. The van der Waals surface area contributed by atoms with Crippen LogP contribution < -0.4 is 16.0 Å². The van der Waals surface area contributed by atoms with Crippen LogP contribution in [-0.2, 0) is 26.7 Å². The monoisotopic (exact) mass is 757 g/mol. The fraction of sp³-hybridized carbons (Fsp3) is 0.256. The predicted octanol–water partition coefficient (Wildman–Crippen LogP) is 8.64. The number of anilines is 1. The molecule has 280 valence electrons. The first kappa shape index (κ1) is 40.7. The number of esters is 1. The Balaban J connectivity index is 1.83. The van der Waals surface area contributed by atoms with Crippen molar-refractivity contribution in [3.05, 3.63) is 143 Å². The van der Waals surface area contributed by atoms with Gasteiger partial charge in [-0.05, 0) is 79.5 Å². The van der Waals surface area contributed by atoms with Gasteiger partial charge in [0, 0.05) is 5.69 Å². The van der Waals surface area contributed by atoms with Gasteiger partial charge in [-0.15, -0.1) is 0 Å². The normalized spacial score (nSPS) is 15.0. The number of rotatable bonds is 13. The van der Waals surface area contributed by atoms with Gasteiger partial charge in [-0.3, -0.25) is 14.9 Å². The number of hydrogen-bond acceptors (Lipinski definition) is 6. The standard InChI is InChI=1S/C39H37F6N3O4S/c1-4-52-35(50)25(3)37(51,34(49)24(2)20-26-14-8-5-9-15-26)48-33(28-18-12-7-13-19-28)32(27-16-10-6-11-17-27)47-36(53)46-31-22-29(38(40,41)42)21-30(23-31)39(43,44)45/h5-23,25,32-33,48,51H,4H2,1-3H3,(H2,46,47,53)/b24-20+/t25?,32-,33-,37?/m0/s1. The van der Waals surface area contributed by atoms with Gasteiger partial charge < -0.3 is 20.5 Å². The Morgan fingerprint density at radius 3 is 1.74 bits per heavy atom. The first-order valence-corrected chi connectivity index (χ1v) is 16.8. The lowest BCUT2D eigenvalue weighted by molar-refractivity contribution is -0.167. The van der Waals surface area contributed by atoms with E-state index >= 15 is 0 Å². The van der Waals surface area contributed by atoms with Crippen molar-refractivity contribution in [2.24, 2.45) is 5.92 Å². The number of alkyl halides is 6. The Hall–Kier alpha value is -5.05. The molecule has 0 amide bonds. The summed E-state index contributed by atoms with van der Waals surface area (Å²) < 4.78 is 87.0. The van der Waals surface area contributed by atoms with Crippen LogP contribution in [0.2, 0.25) is 0 Å². The minimum atomic E-state index is -5.10. The van der Waals surface area contributed by atoms with Crippen LogP contribution in [0.15, 0.2) is 115 Å². The molecule has 14 heteroatoms. The summed E-state index contributed by atoms with van der Waals surface area (Å²) in [4.78, 5) is 27.5. The van der Waals surface area contributed by atoms with Crippen molar-refractivity contribution in [3.63, 3.8) is 0 Å². The van der Waals surface area contributed by atoms with Crippen LogP contribution >= 0.6 is 12.2 Å². The number of halogens is 6. The number of ketones is 1. The van der Waals surface area contributed by atoms with Gasteiger partial charge in [0.25, 0.3) is 0 Å². The molecule has 4 aromatic rings. The Morgan fingerprint density at radius 1 is 0.792 bits per heavy atom. The average Bonchev–Trinajstić information content (AvgIpc) is 3.12. The van der Waals surface area contributed by atoms with Crippen molar-refractivity contribution in [1.82, 2.24) is 10.6 Å². The van der Waals surface area contributed by atoms with E-state index in [-0.39, 0.29) is 23.4 Å². The summed E-state index contributed by atoms with van der Waals surface area (Å²) in [5.74, 6) is -3.24. The quantitative estimate of drug-likeness (QED) is 0.0354. The van der Waals surface area contributed by atoms with Crippen molar-refractivity contribution in [2.75, 3.05) is 11.9 Å². The molecule has 4 atom stereocenters. The maximum atomic E-state index is 14.3. The molecule has 0 saturated carbocycles. The van der Waals surface area contributed by atoms with Crippen molar-refractivity contribution >= 4 is 40.8 Å². The number of thiocarbonyl (C=S) groups is 1. The van der Waals surface area contributed by atoms with Crippen molar-refractivity contribution in [3.8, 4) is 0 Å². The topological polar surface area (TPSA) is 99.7 Å². The maximum Gasteiger partial charge on any atom is 0.416 e. The highest BCUT2D eigenvalue weighted by Gasteiger charge is 2.49. The van der Waals surface area contributed by atoms with Gasteiger partial charge in [-0.25, -0.2) is 0 Å². The zero-order valence-corrected chi connectivity index (χ0v) is 29.6. The van der Waals surface area contributed by atoms with E-state index in [0.717, 1.165) is 0 Å². The van der Waals surface area contributed by atoms with Crippen molar-refractivity contribution in [2.45, 2.75) is 50.9 Å². The number of benzene rings is 4. The molecule has 2 unspecified atom stereocenters. The Labute approximate surface area is 308 Å². The molecule has 0 aromatic heterocycles. The van der Waals surface area contributed by atoms with Gasteiger partial charge in [0.2, 0.25) is 5.78 Å². The molecule has 0 saturated heterocycles. The number of carbonyl (C=O) groups is 2. The molecule has 7 nitrogen and oxygen atoms in total. The molecule has 0 aliphatic heterocycles. The highest BCUT2D eigenvalue weighted by molar-refractivity contribution is 7.80. The first-order valence-electron chi connectivity index (χ1n) is 16.4. The van der Waals surface area contributed by atoms with Crippen LogP contribution in [0.5, 0.6) is 0 Å². The summed E-state index contributed by atoms with van der Waals surface area (Å²) in [5.41, 5.74) is -4.64. The van der Waals surface area contributed by atoms with Crippen LogP contribution in [0.4, 0.5) is 32.0 Å². The second-order valence-corrected chi connectivity index (χ2v) is 12.5. The third kappa shape index (κ3) is 10.5. The molecule has 0 aliphatic carbocycles. The highest BCUT2D eigenvalue weighted by atomic mass is 32.1. The molecule has 4 N–H and O–H groups in total. The van der Waals surface area contributed by atoms with Crippen molar-refractivity contribution in [1.29, 1.82) is 0 Å². The SMILES string of the molecule is CCOC(=O)C(C)C(O)(N[C@@H](c1ccccc1)[C@@H](NC(=S)Nc1cc(C(F)(F)F)cc(C(F)(F)F)c1)c1ccccc1)C(=O)/C(C)=C/c1ccccc1. The van der Waals surface area contributed by atoms with E-state index in [0.29, 0.717) is 28.8 Å². The van der Waals surface area contributed by atoms with Gasteiger partial charge in [0.05, 0.1) is 29.8 Å². The number of aliphatic hydroxyl groups is 1. The number of hydrogen-bond donors (Lipinski definition) is 4. The van der Waals surface area contributed by atoms with E-state index < -0.39 is 64.6 Å². The summed E-state index contributed by atoms with van der Waals surface area (Å²) in [6, 6.07) is 24.4. The second-order valence-electron chi connectivity index (χ2n) is 12.1. The number of nitrogens with one attached hydrogen (secondary N) is 3. The highest BCUT2D eigenvalue weighted by Crippen LogP contribution is 2.38. The molecule has 4 rings (SSSR count). The minimum absolute atomic E-state index is 0.000568. The first-order chi connectivity index (χ1) is 24.9. The zero-order valence-electron chi connectivity index (χ0n) is 28.8. The molecular weight excluding hydrogens is 721 g/mol. The van der Waals surface area contributed by atoms with E-state index in [1.807, 2.05) is 0 Å². The molecule has 0 fully saturated rings. The van der Waals surface area contributed by atoms with Gasteiger partial charge in [-0.1, -0.05) is 91.0 Å². The minimum Gasteiger partial charge on any atom is -0.466 e. The summed E-state index contributed by atoms with van der Waals surface area (Å²) in [6.07, 6.45) is -8.65. The van der Waals surface area contributed by atoms with Gasteiger partial charge >= 0.3 is 18.3 Å². The molecule has 0 heterocycles. The van der Waals surface area contributed by atoms with Crippen molar-refractivity contribution < 1.29 is 45.8 Å². The molecule has 0 radical (unpaired) electrons. The van der Waals surface area contributed by atoms with Crippen LogP contribution in [0.1, 0.15) is 60.7 Å². The van der Waals surface area contributed by atoms with Crippen LogP contribution in [0.25, 0.3) is 6.08 Å². The summed E-state index contributed by atoms with van der Waals surface area (Å²) in [5, 5.41) is 20.4. The number of ether oxygens (including phenoxy) is 1. The fourth-order valence-electron chi connectivity index (χ4n) is 5.60. The third-order valence-electron chi connectivity index (χ3n) is 8.31. The Kier molecular flexibility index (Phi) is 13.2. The van der Waals surface area contributed by atoms with Gasteiger partial charge in [0.15, 0.2) is 10.8 Å². The van der Waals surface area contributed by atoms with Crippen LogP contribution in [-0.4, -0.2) is 34.3 Å². The molecule has 4 aromatic carbocycles. The van der Waals surface area contributed by atoms with Crippen LogP contribution in [0.3, 0.4) is 0 Å². The lowest BCUT2D eigenvalue weighted by Crippen LogP contribution is -2.61. The van der Waals surface area contributed by atoms with Crippen LogP contribution in [0, 0.1) is 5.92 Å². The molecular formula is C39H37F6N3O4S. The van der Waals surface area contributed by atoms with E-state index in [4.69, 9.17) is 17.0 Å². The lowest BCUT2D eigenvalue weighted by Gasteiger charge is -2.40. The average molecular weight is 758 g/mol. The van der Waals surface area contributed by atoms with E-state index in [9.17, 15) is 41.0 Å². The maximum absolute atomic E-state index is 14.3. The molecule has 0 spiro atoms. The Morgan fingerprint density at radius 2 is 1.26 bits per heavy atom. The predicted molar refractivity (Wildman–Crippen MR) is 193 cm³/mol. The second kappa shape index (κ2) is 17.2. The molecule has 0 bridgehead atoms. The van der Waals surface area contributed by atoms with E-state index in [2.05, 4.69) is 16.0 Å². The third-order valence-corrected chi connectivity index (χ3v) is 8.53. The fourth-order valence-corrected chi connectivity index (χ4v) is 5.85. The summed E-state index contributed by atoms with van der Waals surface area (Å²) in [6.45, 7) is 4.32. The number of Topliss-reactive ketones (excluding diaryl/α,β-unsaturated/α-hetero) is 1. The lowest BCUT2D eigenvalue weighted by atomic mass is 9.85. The number of carbonyl (C=O) groups excluding carboxylic acids is 2. The zero-order chi connectivity index (χ0) is 39.0. The van der Waals surface area contributed by atoms with E-state index in [1.165, 1.54) is 13.8 Å². The molecule has 0 aliphatic rings.